The molecule has 0 spiro atoms. The Morgan fingerprint density at radius 2 is 2.25 bits per heavy atom. The number of halogens is 2. The van der Waals surface area contributed by atoms with Crippen molar-refractivity contribution in [3.05, 3.63) is 48.4 Å². The van der Waals surface area contributed by atoms with Crippen molar-refractivity contribution in [2.45, 2.75) is 12.5 Å². The Labute approximate surface area is 121 Å². The summed E-state index contributed by atoms with van der Waals surface area (Å²) in [6.45, 7) is 0. The quantitative estimate of drug-likeness (QED) is 0.785. The van der Waals surface area contributed by atoms with Crippen molar-refractivity contribution in [1.82, 2.24) is 4.98 Å². The number of rotatable bonds is 3. The molecule has 1 atom stereocenters. The number of hydrogen-bond donors (Lipinski definition) is 1. The lowest BCUT2D eigenvalue weighted by atomic mass is 10.0. The average molecular weight is 409 g/mol. The largest absolute Gasteiger partial charge is 0.324 e. The molecule has 0 aliphatic rings. The summed E-state index contributed by atoms with van der Waals surface area (Å²) >= 11 is 7.45. The highest BCUT2D eigenvalue weighted by atomic mass is 127. The van der Waals surface area contributed by atoms with E-state index < -0.39 is 0 Å². The van der Waals surface area contributed by atoms with Crippen molar-refractivity contribution in [1.29, 1.82) is 0 Å². The van der Waals surface area contributed by atoms with E-state index in [1.807, 2.05) is 6.20 Å². The van der Waals surface area contributed by atoms with E-state index in [9.17, 15) is 0 Å². The van der Waals surface area contributed by atoms with E-state index in [1.54, 1.807) is 17.5 Å². The number of aromatic nitrogens is 1. The van der Waals surface area contributed by atoms with Crippen LogP contribution in [0.2, 0.25) is 0 Å². The third kappa shape index (κ3) is 3.26. The molecule has 2 aromatic heterocycles. The molecule has 0 saturated carbocycles. The van der Waals surface area contributed by atoms with Crippen LogP contribution in [0.3, 0.4) is 0 Å². The Bertz CT molecular complexity index is 486. The first-order valence-electron chi connectivity index (χ1n) is 4.74. The second-order valence-electron chi connectivity index (χ2n) is 3.51. The summed E-state index contributed by atoms with van der Waals surface area (Å²) in [6.07, 6.45) is 4.46. The summed E-state index contributed by atoms with van der Waals surface area (Å²) in [7, 11) is 0. The first-order chi connectivity index (χ1) is 7.65. The third-order valence-electron chi connectivity index (χ3n) is 2.23. The van der Waals surface area contributed by atoms with Gasteiger partial charge in [0.1, 0.15) is 0 Å². The van der Waals surface area contributed by atoms with Crippen molar-refractivity contribution in [3.63, 3.8) is 0 Å². The number of hydrogen-bond acceptors (Lipinski definition) is 3. The monoisotopic (exact) mass is 408 g/mol. The molecule has 0 amide bonds. The molecule has 0 radical (unpaired) electrons. The minimum Gasteiger partial charge on any atom is -0.324 e. The van der Waals surface area contributed by atoms with Crippen LogP contribution < -0.4 is 5.73 Å². The number of pyridine rings is 1. The van der Waals surface area contributed by atoms with Crippen LogP contribution >= 0.6 is 49.9 Å². The fourth-order valence-electron chi connectivity index (χ4n) is 1.46. The van der Waals surface area contributed by atoms with Gasteiger partial charge in [0.2, 0.25) is 0 Å². The van der Waals surface area contributed by atoms with Crippen molar-refractivity contribution in [2.75, 3.05) is 0 Å². The van der Waals surface area contributed by atoms with Crippen LogP contribution in [-0.2, 0) is 6.42 Å². The summed E-state index contributed by atoms with van der Waals surface area (Å²) in [5.41, 5.74) is 8.51. The van der Waals surface area contributed by atoms with Crippen LogP contribution in [0.4, 0.5) is 0 Å². The molecule has 84 valence electrons. The zero-order valence-corrected chi connectivity index (χ0v) is 12.9. The molecule has 2 heterocycles. The Hall–Kier alpha value is 0.0200. The van der Waals surface area contributed by atoms with Crippen LogP contribution in [0.15, 0.2) is 34.4 Å². The second kappa shape index (κ2) is 5.57. The van der Waals surface area contributed by atoms with Gasteiger partial charge in [-0.2, -0.15) is 0 Å². The second-order valence-corrected chi connectivity index (χ2v) is 7.23. The molecule has 16 heavy (non-hydrogen) atoms. The lowest BCUT2D eigenvalue weighted by molar-refractivity contribution is 0.722. The molecule has 2 N–H and O–H groups in total. The molecule has 2 rings (SSSR count). The van der Waals surface area contributed by atoms with Crippen LogP contribution in [-0.4, -0.2) is 4.98 Å². The van der Waals surface area contributed by atoms with Gasteiger partial charge in [0.25, 0.3) is 0 Å². The summed E-state index contributed by atoms with van der Waals surface area (Å²) < 4.78 is 2.27. The van der Waals surface area contributed by atoms with E-state index in [2.05, 4.69) is 61.0 Å². The predicted molar refractivity (Wildman–Crippen MR) is 79.6 cm³/mol. The predicted octanol–water partition coefficient (Wildman–Crippen LogP) is 3.75. The lowest BCUT2D eigenvalue weighted by Gasteiger charge is -2.09. The first kappa shape index (κ1) is 12.5. The smallest absolute Gasteiger partial charge is 0.0656 e. The maximum atomic E-state index is 6.15. The van der Waals surface area contributed by atoms with Gasteiger partial charge in [-0.3, -0.25) is 4.98 Å². The fraction of sp³-hybridized carbons (Fsp3) is 0.182. The SMILES string of the molecule is NC(Cc1cncc(Br)c1)c1csc(I)c1. The lowest BCUT2D eigenvalue weighted by Crippen LogP contribution is -2.12. The van der Waals surface area contributed by atoms with E-state index in [0.29, 0.717) is 0 Å². The van der Waals surface area contributed by atoms with Gasteiger partial charge in [-0.25, -0.2) is 0 Å². The standard InChI is InChI=1S/C11H10BrIN2S/c12-9-1-7(4-15-5-9)2-10(14)8-3-11(13)16-6-8/h1,3-6,10H,2,14H2. The van der Waals surface area contributed by atoms with Crippen LogP contribution in [0.1, 0.15) is 17.2 Å². The number of nitrogens with zero attached hydrogens (tertiary/aromatic N) is 1. The molecule has 0 bridgehead atoms. The minimum atomic E-state index is 0.0517. The molecule has 0 saturated heterocycles. The molecular weight excluding hydrogens is 399 g/mol. The number of nitrogens with two attached hydrogens (primary N) is 1. The van der Waals surface area contributed by atoms with E-state index in [0.717, 1.165) is 16.5 Å². The van der Waals surface area contributed by atoms with E-state index in [-0.39, 0.29) is 6.04 Å². The van der Waals surface area contributed by atoms with E-state index in [1.165, 1.54) is 8.45 Å². The molecule has 0 aromatic carbocycles. The van der Waals surface area contributed by atoms with Crippen LogP contribution in [0, 0.1) is 2.88 Å². The molecule has 2 aromatic rings. The average Bonchev–Trinajstić information content (AvgIpc) is 2.65. The highest BCUT2D eigenvalue weighted by Crippen LogP contribution is 2.23. The van der Waals surface area contributed by atoms with Crippen molar-refractivity contribution < 1.29 is 0 Å². The molecule has 2 nitrogen and oxygen atoms in total. The molecular formula is C11H10BrIN2S. The molecule has 0 fully saturated rings. The molecule has 0 aliphatic heterocycles. The highest BCUT2D eigenvalue weighted by Gasteiger charge is 2.09. The molecule has 1 unspecified atom stereocenters. The summed E-state index contributed by atoms with van der Waals surface area (Å²) in [4.78, 5) is 4.13. The van der Waals surface area contributed by atoms with Crippen LogP contribution in [0.5, 0.6) is 0 Å². The maximum Gasteiger partial charge on any atom is 0.0656 e. The van der Waals surface area contributed by atoms with Crippen molar-refractivity contribution >= 4 is 49.9 Å². The van der Waals surface area contributed by atoms with E-state index in [4.69, 9.17) is 5.73 Å². The molecule has 5 heteroatoms. The molecule has 0 aliphatic carbocycles. The van der Waals surface area contributed by atoms with Crippen LogP contribution in [0.25, 0.3) is 0 Å². The van der Waals surface area contributed by atoms with Gasteiger partial charge in [0.15, 0.2) is 0 Å². The Morgan fingerprint density at radius 1 is 1.44 bits per heavy atom. The van der Waals surface area contributed by atoms with E-state index >= 15 is 0 Å². The maximum absolute atomic E-state index is 6.15. The van der Waals surface area contributed by atoms with Gasteiger partial charge in [-0.15, -0.1) is 11.3 Å². The zero-order chi connectivity index (χ0) is 11.5. The minimum absolute atomic E-state index is 0.0517. The van der Waals surface area contributed by atoms with Gasteiger partial charge in [0, 0.05) is 22.9 Å². The van der Waals surface area contributed by atoms with Gasteiger partial charge in [-0.05, 0) is 73.6 Å². The fourth-order valence-corrected chi connectivity index (χ4v) is 3.31. The van der Waals surface area contributed by atoms with Gasteiger partial charge >= 0.3 is 0 Å². The first-order valence-corrected chi connectivity index (χ1v) is 7.49. The Kier molecular flexibility index (Phi) is 4.34. The van der Waals surface area contributed by atoms with Gasteiger partial charge in [0.05, 0.1) is 2.88 Å². The Balaban J connectivity index is 2.10. The summed E-state index contributed by atoms with van der Waals surface area (Å²) in [5, 5.41) is 2.12. The summed E-state index contributed by atoms with van der Waals surface area (Å²) in [5.74, 6) is 0. The summed E-state index contributed by atoms with van der Waals surface area (Å²) in [6, 6.07) is 4.25. The zero-order valence-electron chi connectivity index (χ0n) is 8.36. The Morgan fingerprint density at radius 3 is 2.88 bits per heavy atom. The van der Waals surface area contributed by atoms with Gasteiger partial charge < -0.3 is 5.73 Å². The normalized spacial score (nSPS) is 12.7. The van der Waals surface area contributed by atoms with Gasteiger partial charge in [-0.1, -0.05) is 0 Å². The number of thiophene rings is 1. The highest BCUT2D eigenvalue weighted by molar-refractivity contribution is 14.1. The third-order valence-corrected chi connectivity index (χ3v) is 4.47. The van der Waals surface area contributed by atoms with Crippen molar-refractivity contribution in [2.24, 2.45) is 5.73 Å². The topological polar surface area (TPSA) is 38.9 Å². The van der Waals surface area contributed by atoms with Crippen molar-refractivity contribution in [3.8, 4) is 0 Å².